The number of para-hydroxylation sites is 1. The molecule has 3 aromatic rings. The predicted molar refractivity (Wildman–Crippen MR) is 71.2 cm³/mol. The van der Waals surface area contributed by atoms with Crippen LogP contribution in [-0.4, -0.2) is 4.57 Å². The molecule has 0 amide bonds. The van der Waals surface area contributed by atoms with Crippen LogP contribution in [0.4, 0.5) is 0 Å². The number of rotatable bonds is 0. The van der Waals surface area contributed by atoms with Crippen LogP contribution in [0.25, 0.3) is 22.2 Å². The quantitative estimate of drug-likeness (QED) is 0.424. The van der Waals surface area contributed by atoms with Gasteiger partial charge < -0.3 is 4.57 Å². The van der Waals surface area contributed by atoms with Gasteiger partial charge in [0, 0.05) is 29.9 Å². The van der Waals surface area contributed by atoms with E-state index in [9.17, 15) is 0 Å². The van der Waals surface area contributed by atoms with E-state index in [-0.39, 0.29) is 0 Å². The van der Waals surface area contributed by atoms with Crippen molar-refractivity contribution >= 4 is 10.9 Å². The van der Waals surface area contributed by atoms with Gasteiger partial charge in [-0.25, -0.2) is 0 Å². The zero-order chi connectivity index (χ0) is 11.4. The summed E-state index contributed by atoms with van der Waals surface area (Å²) in [6, 6.07) is 17.4. The molecule has 1 nitrogen and oxygen atoms in total. The molecule has 17 heavy (non-hydrogen) atoms. The number of hydrogen-bond acceptors (Lipinski definition) is 0. The molecule has 2 aromatic carbocycles. The maximum absolute atomic E-state index is 2.33. The topological polar surface area (TPSA) is 4.93 Å². The molecule has 0 unspecified atom stereocenters. The summed E-state index contributed by atoms with van der Waals surface area (Å²) >= 11 is 0. The summed E-state index contributed by atoms with van der Waals surface area (Å²) < 4.78 is 2.33. The molecule has 82 valence electrons. The normalized spacial score (nSPS) is 12.8. The number of hydrogen-bond donors (Lipinski definition) is 0. The lowest BCUT2D eigenvalue weighted by Crippen LogP contribution is -1.90. The van der Waals surface area contributed by atoms with E-state index in [1.54, 1.807) is 0 Å². The Bertz CT molecular complexity index is 734. The van der Waals surface area contributed by atoms with Crippen LogP contribution in [0.3, 0.4) is 0 Å². The maximum Gasteiger partial charge on any atom is 0.0527 e. The van der Waals surface area contributed by atoms with Crippen molar-refractivity contribution in [2.45, 2.75) is 6.42 Å². The van der Waals surface area contributed by atoms with E-state index in [1.165, 1.54) is 33.3 Å². The number of aromatic nitrogens is 1. The van der Waals surface area contributed by atoms with Crippen molar-refractivity contribution in [1.82, 2.24) is 4.57 Å². The number of nitrogens with zero attached hydrogens (tertiary/aromatic N) is 1. The first-order chi connectivity index (χ1) is 8.36. The molecular weight excluding hydrogens is 206 g/mol. The highest BCUT2D eigenvalue weighted by Gasteiger charge is 2.24. The minimum atomic E-state index is 1.08. The number of aryl methyl sites for hydroxylation is 1. The van der Waals surface area contributed by atoms with Crippen molar-refractivity contribution in [2.75, 3.05) is 0 Å². The summed E-state index contributed by atoms with van der Waals surface area (Å²) in [7, 11) is 2.17. The molecule has 0 aliphatic heterocycles. The second-order valence-electron chi connectivity index (χ2n) is 4.74. The van der Waals surface area contributed by atoms with Crippen LogP contribution in [0, 0.1) is 0 Å². The Morgan fingerprint density at radius 1 is 0.941 bits per heavy atom. The average Bonchev–Trinajstić information content (AvgIpc) is 2.88. The van der Waals surface area contributed by atoms with Crippen LogP contribution < -0.4 is 0 Å². The Labute approximate surface area is 100 Å². The van der Waals surface area contributed by atoms with Crippen molar-refractivity contribution in [3.8, 4) is 11.3 Å². The number of benzene rings is 2. The molecule has 1 aliphatic rings. The summed E-state index contributed by atoms with van der Waals surface area (Å²) in [5.41, 5.74) is 7.10. The molecule has 0 spiro atoms. The smallest absolute Gasteiger partial charge is 0.0527 e. The SMILES string of the molecule is Cn1c2c(c3ccccc31)Cc1ccccc1-2. The van der Waals surface area contributed by atoms with Gasteiger partial charge in [-0.2, -0.15) is 0 Å². The van der Waals surface area contributed by atoms with E-state index in [0.29, 0.717) is 0 Å². The monoisotopic (exact) mass is 219 g/mol. The highest BCUT2D eigenvalue weighted by Crippen LogP contribution is 2.41. The average molecular weight is 219 g/mol. The summed E-state index contributed by atoms with van der Waals surface area (Å²) in [5, 5.41) is 1.40. The van der Waals surface area contributed by atoms with Crippen molar-refractivity contribution in [1.29, 1.82) is 0 Å². The van der Waals surface area contributed by atoms with E-state index in [0.717, 1.165) is 6.42 Å². The minimum Gasteiger partial charge on any atom is -0.343 e. The molecule has 1 aliphatic carbocycles. The minimum absolute atomic E-state index is 1.08. The van der Waals surface area contributed by atoms with Gasteiger partial charge in [0.1, 0.15) is 0 Å². The highest BCUT2D eigenvalue weighted by molar-refractivity contribution is 5.95. The molecular formula is C16H13N. The van der Waals surface area contributed by atoms with E-state index in [4.69, 9.17) is 0 Å². The fourth-order valence-corrected chi connectivity index (χ4v) is 3.09. The molecule has 0 fully saturated rings. The van der Waals surface area contributed by atoms with Gasteiger partial charge in [-0.1, -0.05) is 42.5 Å². The fourth-order valence-electron chi connectivity index (χ4n) is 3.09. The Morgan fingerprint density at radius 2 is 1.71 bits per heavy atom. The maximum atomic E-state index is 2.33. The van der Waals surface area contributed by atoms with Crippen LogP contribution in [0.1, 0.15) is 11.1 Å². The molecule has 0 N–H and O–H groups in total. The van der Waals surface area contributed by atoms with Crippen molar-refractivity contribution in [2.24, 2.45) is 7.05 Å². The van der Waals surface area contributed by atoms with Crippen LogP contribution >= 0.6 is 0 Å². The van der Waals surface area contributed by atoms with E-state index in [1.807, 2.05) is 0 Å². The lowest BCUT2D eigenvalue weighted by Gasteiger charge is -2.04. The standard InChI is InChI=1S/C16H13N/c1-17-15-9-5-4-8-13(15)14-10-11-6-2-3-7-12(11)16(14)17/h2-9H,10H2,1H3. The van der Waals surface area contributed by atoms with Gasteiger partial charge in [-0.3, -0.25) is 0 Å². The van der Waals surface area contributed by atoms with Crippen molar-refractivity contribution < 1.29 is 0 Å². The Balaban J connectivity index is 2.17. The molecule has 1 aromatic heterocycles. The molecule has 1 heteroatoms. The summed E-state index contributed by atoms with van der Waals surface area (Å²) in [5.74, 6) is 0. The van der Waals surface area contributed by atoms with Gasteiger partial charge >= 0.3 is 0 Å². The largest absolute Gasteiger partial charge is 0.343 e. The molecule has 0 radical (unpaired) electrons. The first-order valence-corrected chi connectivity index (χ1v) is 6.01. The molecule has 0 saturated heterocycles. The first-order valence-electron chi connectivity index (χ1n) is 6.01. The molecule has 4 rings (SSSR count). The first kappa shape index (κ1) is 9.06. The van der Waals surface area contributed by atoms with Crippen molar-refractivity contribution in [3.63, 3.8) is 0 Å². The third-order valence-electron chi connectivity index (χ3n) is 3.85. The fraction of sp³-hybridized carbons (Fsp3) is 0.125. The Kier molecular flexibility index (Phi) is 1.60. The predicted octanol–water partition coefficient (Wildman–Crippen LogP) is 3.75. The molecule has 0 atom stereocenters. The van der Waals surface area contributed by atoms with Crippen molar-refractivity contribution in [3.05, 3.63) is 59.7 Å². The third kappa shape index (κ3) is 1.04. The molecule has 1 heterocycles. The van der Waals surface area contributed by atoms with Gasteiger partial charge in [-0.15, -0.1) is 0 Å². The van der Waals surface area contributed by atoms with Gasteiger partial charge in [0.05, 0.1) is 5.69 Å². The molecule has 0 bridgehead atoms. The lowest BCUT2D eigenvalue weighted by atomic mass is 10.1. The van der Waals surface area contributed by atoms with Crippen LogP contribution in [0.2, 0.25) is 0 Å². The van der Waals surface area contributed by atoms with Gasteiger partial charge in [0.25, 0.3) is 0 Å². The second kappa shape index (κ2) is 3.01. The van der Waals surface area contributed by atoms with Gasteiger partial charge in [-0.05, 0) is 17.2 Å². The molecule has 0 saturated carbocycles. The van der Waals surface area contributed by atoms with E-state index in [2.05, 4.69) is 60.1 Å². The summed E-state index contributed by atoms with van der Waals surface area (Å²) in [4.78, 5) is 0. The Morgan fingerprint density at radius 3 is 2.65 bits per heavy atom. The lowest BCUT2D eigenvalue weighted by molar-refractivity contribution is 0.978. The van der Waals surface area contributed by atoms with Gasteiger partial charge in [0.15, 0.2) is 0 Å². The van der Waals surface area contributed by atoms with Crippen LogP contribution in [0.5, 0.6) is 0 Å². The summed E-state index contributed by atoms with van der Waals surface area (Å²) in [6.07, 6.45) is 1.08. The zero-order valence-electron chi connectivity index (χ0n) is 9.77. The zero-order valence-corrected chi connectivity index (χ0v) is 9.77. The number of fused-ring (bicyclic) bond motifs is 5. The van der Waals surface area contributed by atoms with E-state index < -0.39 is 0 Å². The second-order valence-corrected chi connectivity index (χ2v) is 4.74. The van der Waals surface area contributed by atoms with Crippen LogP contribution in [-0.2, 0) is 13.5 Å². The van der Waals surface area contributed by atoms with Crippen LogP contribution in [0.15, 0.2) is 48.5 Å². The van der Waals surface area contributed by atoms with Gasteiger partial charge in [0.2, 0.25) is 0 Å². The van der Waals surface area contributed by atoms with E-state index >= 15 is 0 Å². The highest BCUT2D eigenvalue weighted by atomic mass is 15.0. The Hall–Kier alpha value is -2.02. The third-order valence-corrected chi connectivity index (χ3v) is 3.85. The summed E-state index contributed by atoms with van der Waals surface area (Å²) in [6.45, 7) is 0.